The van der Waals surface area contributed by atoms with Gasteiger partial charge in [-0.25, -0.2) is 0 Å². The number of carbonyl (C=O) groups excluding carboxylic acids is 1. The predicted octanol–water partition coefficient (Wildman–Crippen LogP) is 2.72. The molecule has 0 bridgehead atoms. The number of piperidine rings is 1. The molecule has 1 N–H and O–H groups in total. The highest BCUT2D eigenvalue weighted by Crippen LogP contribution is 2.29. The van der Waals surface area contributed by atoms with E-state index in [0.29, 0.717) is 6.61 Å². The van der Waals surface area contributed by atoms with Gasteiger partial charge in [0.05, 0.1) is 18.3 Å². The molecule has 1 amide bonds. The van der Waals surface area contributed by atoms with E-state index in [2.05, 4.69) is 16.3 Å². The van der Waals surface area contributed by atoms with Crippen LogP contribution in [0.1, 0.15) is 26.2 Å². The van der Waals surface area contributed by atoms with Gasteiger partial charge in [-0.3, -0.25) is 4.79 Å². The van der Waals surface area contributed by atoms with Crippen molar-refractivity contribution in [3.63, 3.8) is 0 Å². The van der Waals surface area contributed by atoms with Gasteiger partial charge in [0.1, 0.15) is 5.75 Å². The van der Waals surface area contributed by atoms with Gasteiger partial charge in [-0.1, -0.05) is 18.6 Å². The number of anilines is 1. The van der Waals surface area contributed by atoms with E-state index in [1.54, 1.807) is 0 Å². The smallest absolute Gasteiger partial charge is 0.239 e. The van der Waals surface area contributed by atoms with E-state index < -0.39 is 0 Å². The number of hydrogen-bond acceptors (Lipinski definition) is 4. The topological polar surface area (TPSA) is 44.8 Å². The summed E-state index contributed by atoms with van der Waals surface area (Å²) < 4.78 is 5.73. The minimum absolute atomic E-state index is 0. The summed E-state index contributed by atoms with van der Waals surface area (Å²) in [6.45, 7) is 6.95. The van der Waals surface area contributed by atoms with Crippen LogP contribution in [0.2, 0.25) is 0 Å². The molecule has 3 rings (SSSR count). The Balaban J connectivity index is 0.00000156. The van der Waals surface area contributed by atoms with Gasteiger partial charge in [0, 0.05) is 26.2 Å². The molecule has 1 aromatic rings. The molecule has 2 fully saturated rings. The van der Waals surface area contributed by atoms with Gasteiger partial charge >= 0.3 is 0 Å². The lowest BCUT2D eigenvalue weighted by Gasteiger charge is -2.38. The summed E-state index contributed by atoms with van der Waals surface area (Å²) >= 11 is 0. The molecule has 0 aliphatic carbocycles. The second-order valence-electron chi connectivity index (χ2n) is 6.22. The number of carbonyl (C=O) groups is 1. The molecule has 2 heterocycles. The van der Waals surface area contributed by atoms with Gasteiger partial charge in [0.25, 0.3) is 0 Å². The molecule has 2 aliphatic rings. The molecule has 5 nitrogen and oxygen atoms in total. The number of nitrogens with one attached hydrogen (secondary N) is 1. The number of hydrogen-bond donors (Lipinski definition) is 1. The number of piperazine rings is 1. The summed E-state index contributed by atoms with van der Waals surface area (Å²) in [5, 5.41) is 3.36. The quantitative estimate of drug-likeness (QED) is 0.859. The molecule has 0 aromatic heterocycles. The lowest BCUT2D eigenvalue weighted by molar-refractivity contribution is -0.134. The third-order valence-corrected chi connectivity index (χ3v) is 4.71. The summed E-state index contributed by atoms with van der Waals surface area (Å²) in [5.74, 6) is 1.21. The molecule has 1 atom stereocenters. The monoisotopic (exact) mass is 389 g/mol. The van der Waals surface area contributed by atoms with Gasteiger partial charge in [-0.05, 0) is 38.4 Å². The van der Waals surface area contributed by atoms with E-state index >= 15 is 0 Å². The fraction of sp³-hybridized carbons (Fsp3) is 0.611. The number of rotatable bonds is 4. The van der Waals surface area contributed by atoms with E-state index in [4.69, 9.17) is 4.74 Å². The SMILES string of the molecule is CCOc1ccccc1N1CCN(C(=O)[C@H]2CCCCN2)CC1.Cl.Cl. The molecule has 1 aromatic carbocycles. The Labute approximate surface area is 162 Å². The second kappa shape index (κ2) is 10.7. The first-order valence-electron chi connectivity index (χ1n) is 8.78. The number of halogens is 2. The van der Waals surface area contributed by atoms with Crippen molar-refractivity contribution in [1.29, 1.82) is 0 Å². The van der Waals surface area contributed by atoms with Crippen LogP contribution in [0.4, 0.5) is 5.69 Å². The zero-order valence-corrected chi connectivity index (χ0v) is 16.4. The molecule has 0 spiro atoms. The molecule has 2 saturated heterocycles. The summed E-state index contributed by atoms with van der Waals surface area (Å²) in [5.41, 5.74) is 1.14. The molecule has 2 aliphatic heterocycles. The largest absolute Gasteiger partial charge is 0.492 e. The maximum Gasteiger partial charge on any atom is 0.239 e. The van der Waals surface area contributed by atoms with Crippen molar-refractivity contribution in [2.24, 2.45) is 0 Å². The van der Waals surface area contributed by atoms with E-state index in [9.17, 15) is 4.79 Å². The molecular formula is C18H29Cl2N3O2. The molecule has 0 radical (unpaired) electrons. The molecular weight excluding hydrogens is 361 g/mol. The molecule has 142 valence electrons. The highest BCUT2D eigenvalue weighted by Gasteiger charge is 2.28. The van der Waals surface area contributed by atoms with Crippen LogP contribution in [-0.4, -0.2) is 56.2 Å². The van der Waals surface area contributed by atoms with Crippen molar-refractivity contribution in [3.8, 4) is 5.75 Å². The molecule has 0 unspecified atom stereocenters. The minimum atomic E-state index is 0. The predicted molar refractivity (Wildman–Crippen MR) is 107 cm³/mol. The van der Waals surface area contributed by atoms with Crippen molar-refractivity contribution in [1.82, 2.24) is 10.2 Å². The van der Waals surface area contributed by atoms with Crippen LogP contribution in [0.3, 0.4) is 0 Å². The Morgan fingerprint density at radius 3 is 2.52 bits per heavy atom. The number of para-hydroxylation sites is 2. The third kappa shape index (κ3) is 5.40. The van der Waals surface area contributed by atoms with Crippen LogP contribution in [0.25, 0.3) is 0 Å². The molecule has 0 saturated carbocycles. The minimum Gasteiger partial charge on any atom is -0.492 e. The van der Waals surface area contributed by atoms with E-state index in [-0.39, 0.29) is 36.8 Å². The maximum absolute atomic E-state index is 12.6. The fourth-order valence-electron chi connectivity index (χ4n) is 3.45. The van der Waals surface area contributed by atoms with Crippen molar-refractivity contribution in [2.75, 3.05) is 44.2 Å². The molecule has 25 heavy (non-hydrogen) atoms. The fourth-order valence-corrected chi connectivity index (χ4v) is 3.45. The Kier molecular flexibility index (Phi) is 9.39. The van der Waals surface area contributed by atoms with Gasteiger partial charge in [-0.15, -0.1) is 24.8 Å². The first-order chi connectivity index (χ1) is 11.3. The lowest BCUT2D eigenvalue weighted by atomic mass is 10.0. The van der Waals surface area contributed by atoms with Gasteiger partial charge in [-0.2, -0.15) is 0 Å². The van der Waals surface area contributed by atoms with Crippen LogP contribution < -0.4 is 15.0 Å². The Morgan fingerprint density at radius 1 is 1.16 bits per heavy atom. The first-order valence-corrected chi connectivity index (χ1v) is 8.78. The van der Waals surface area contributed by atoms with Crippen molar-refractivity contribution < 1.29 is 9.53 Å². The van der Waals surface area contributed by atoms with Crippen LogP contribution in [0, 0.1) is 0 Å². The molecule has 7 heteroatoms. The number of nitrogens with zero attached hydrogens (tertiary/aromatic N) is 2. The van der Waals surface area contributed by atoms with Crippen LogP contribution in [-0.2, 0) is 4.79 Å². The highest BCUT2D eigenvalue weighted by molar-refractivity contribution is 5.85. The van der Waals surface area contributed by atoms with Crippen molar-refractivity contribution in [2.45, 2.75) is 32.2 Å². The number of ether oxygens (including phenoxy) is 1. The normalized spacial score (nSPS) is 20.3. The zero-order valence-electron chi connectivity index (χ0n) is 14.8. The summed E-state index contributed by atoms with van der Waals surface area (Å²) in [7, 11) is 0. The summed E-state index contributed by atoms with van der Waals surface area (Å²) in [6, 6.07) is 8.20. The number of benzene rings is 1. The Morgan fingerprint density at radius 2 is 1.88 bits per heavy atom. The summed E-state index contributed by atoms with van der Waals surface area (Å²) in [6.07, 6.45) is 3.32. The number of amides is 1. The van der Waals surface area contributed by atoms with Gasteiger partial charge in [0.2, 0.25) is 5.91 Å². The zero-order chi connectivity index (χ0) is 16.1. The van der Waals surface area contributed by atoms with Crippen molar-refractivity contribution >= 4 is 36.4 Å². The highest BCUT2D eigenvalue weighted by atomic mass is 35.5. The average Bonchev–Trinajstić information content (AvgIpc) is 2.63. The van der Waals surface area contributed by atoms with Gasteiger partial charge < -0.3 is 19.9 Å². The van der Waals surface area contributed by atoms with Gasteiger partial charge in [0.15, 0.2) is 0 Å². The average molecular weight is 390 g/mol. The maximum atomic E-state index is 12.6. The van der Waals surface area contributed by atoms with E-state index in [0.717, 1.165) is 57.0 Å². The van der Waals surface area contributed by atoms with Crippen LogP contribution in [0.5, 0.6) is 5.75 Å². The van der Waals surface area contributed by atoms with Crippen LogP contribution in [0.15, 0.2) is 24.3 Å². The van der Waals surface area contributed by atoms with Crippen LogP contribution >= 0.6 is 24.8 Å². The standard InChI is InChI=1S/C18H27N3O2.2ClH/c1-2-23-17-9-4-3-8-16(17)20-11-13-21(14-12-20)18(22)15-7-5-6-10-19-15;;/h3-4,8-9,15,19H,2,5-7,10-14H2,1H3;2*1H/t15-;;/m1../s1. The van der Waals surface area contributed by atoms with E-state index in [1.807, 2.05) is 30.0 Å². The lowest BCUT2D eigenvalue weighted by Crippen LogP contribution is -2.55. The third-order valence-electron chi connectivity index (χ3n) is 4.71. The van der Waals surface area contributed by atoms with Crippen molar-refractivity contribution in [3.05, 3.63) is 24.3 Å². The van der Waals surface area contributed by atoms with E-state index in [1.165, 1.54) is 6.42 Å². The first kappa shape index (κ1) is 21.9. The Bertz CT molecular complexity index is 531. The summed E-state index contributed by atoms with van der Waals surface area (Å²) in [4.78, 5) is 16.9. The second-order valence-corrected chi connectivity index (χ2v) is 6.22. The Hall–Kier alpha value is -1.17.